The van der Waals surface area contributed by atoms with Gasteiger partial charge in [-0.3, -0.25) is 4.79 Å². The van der Waals surface area contributed by atoms with Crippen molar-refractivity contribution < 1.29 is 9.53 Å². The molecule has 0 aliphatic heterocycles. The Morgan fingerprint density at radius 3 is 0.792 bits per heavy atom. The maximum Gasteiger partial charge on any atom is 0.306 e. The lowest BCUT2D eigenvalue weighted by Gasteiger charge is -2.34. The van der Waals surface area contributed by atoms with Crippen LogP contribution in [0.5, 0.6) is 0 Å². The summed E-state index contributed by atoms with van der Waals surface area (Å²) in [6.45, 7) is 11.4. The van der Waals surface area contributed by atoms with Crippen LogP contribution in [0.25, 0.3) is 0 Å². The molecule has 0 aromatic carbocycles. The van der Waals surface area contributed by atoms with Gasteiger partial charge in [0.25, 0.3) is 0 Å². The maximum atomic E-state index is 13.0. The zero-order valence-corrected chi connectivity index (χ0v) is 37.8. The summed E-state index contributed by atoms with van der Waals surface area (Å²) in [6.07, 6.45) is 58.4. The van der Waals surface area contributed by atoms with Gasteiger partial charge in [-0.15, -0.1) is 0 Å². The monoisotopic (exact) mass is 747 g/mol. The second-order valence-corrected chi connectivity index (χ2v) is 18.2. The second-order valence-electron chi connectivity index (χ2n) is 18.2. The highest BCUT2D eigenvalue weighted by atomic mass is 16.6. The van der Waals surface area contributed by atoms with Crippen LogP contribution in [0.4, 0.5) is 0 Å². The zero-order chi connectivity index (χ0) is 38.8. The van der Waals surface area contributed by atoms with E-state index in [9.17, 15) is 4.79 Å². The molecule has 318 valence electrons. The van der Waals surface area contributed by atoms with Crippen LogP contribution in [0, 0.1) is 5.92 Å². The first-order valence-corrected chi connectivity index (χ1v) is 25.2. The highest BCUT2D eigenvalue weighted by molar-refractivity contribution is 5.69. The standard InChI is InChI=1S/C51H102O2/c1-6-9-12-15-18-21-24-26-28-30-33-35-38-41-44-47-49(46-43-40-37-34-32-29-27-25-22-19-16-13-10-7-2)51(4,5)53-50(52)48-45-42-39-36-31-23-20-17-14-11-8-3/h49H,6-48H2,1-5H3. The Morgan fingerprint density at radius 1 is 0.340 bits per heavy atom. The van der Waals surface area contributed by atoms with Crippen molar-refractivity contribution in [3.63, 3.8) is 0 Å². The van der Waals surface area contributed by atoms with E-state index in [1.54, 1.807) is 0 Å². The van der Waals surface area contributed by atoms with Crippen LogP contribution in [0.1, 0.15) is 311 Å². The largest absolute Gasteiger partial charge is 0.459 e. The number of esters is 1. The average molecular weight is 747 g/mol. The van der Waals surface area contributed by atoms with Gasteiger partial charge in [0.1, 0.15) is 5.60 Å². The molecule has 2 nitrogen and oxygen atoms in total. The number of carbonyl (C=O) groups excluding carboxylic acids is 1. The van der Waals surface area contributed by atoms with Crippen molar-refractivity contribution in [3.05, 3.63) is 0 Å². The molecule has 53 heavy (non-hydrogen) atoms. The minimum absolute atomic E-state index is 0.0494. The molecule has 0 N–H and O–H groups in total. The molecular weight excluding hydrogens is 645 g/mol. The molecule has 0 aromatic rings. The Labute approximate surface area is 336 Å². The Morgan fingerprint density at radius 2 is 0.547 bits per heavy atom. The van der Waals surface area contributed by atoms with Gasteiger partial charge in [-0.2, -0.15) is 0 Å². The van der Waals surface area contributed by atoms with E-state index in [1.807, 2.05) is 0 Å². The van der Waals surface area contributed by atoms with E-state index in [2.05, 4.69) is 34.6 Å². The fraction of sp³-hybridized carbons (Fsp3) is 0.980. The van der Waals surface area contributed by atoms with Gasteiger partial charge < -0.3 is 4.74 Å². The summed E-state index contributed by atoms with van der Waals surface area (Å²) in [7, 11) is 0. The highest BCUT2D eigenvalue weighted by Crippen LogP contribution is 2.32. The first-order chi connectivity index (χ1) is 26.0. The topological polar surface area (TPSA) is 26.3 Å². The van der Waals surface area contributed by atoms with Gasteiger partial charge in [-0.25, -0.2) is 0 Å². The fourth-order valence-electron chi connectivity index (χ4n) is 8.55. The SMILES string of the molecule is CCCCCCCCCCCCCCCCCC(CCCCCCCCCCCCCCCC)C(C)(C)OC(=O)CCCCCCCCCCCCC. The molecule has 1 unspecified atom stereocenters. The van der Waals surface area contributed by atoms with Crippen LogP contribution < -0.4 is 0 Å². The zero-order valence-electron chi connectivity index (χ0n) is 37.8. The van der Waals surface area contributed by atoms with Gasteiger partial charge in [0.15, 0.2) is 0 Å². The minimum Gasteiger partial charge on any atom is -0.459 e. The summed E-state index contributed by atoms with van der Waals surface area (Å²) in [4.78, 5) is 13.0. The van der Waals surface area contributed by atoms with Crippen LogP contribution in [0.2, 0.25) is 0 Å². The molecule has 0 amide bonds. The van der Waals surface area contributed by atoms with Crippen molar-refractivity contribution >= 4 is 5.97 Å². The van der Waals surface area contributed by atoms with Crippen LogP contribution in [-0.4, -0.2) is 11.6 Å². The predicted molar refractivity (Wildman–Crippen MR) is 239 cm³/mol. The van der Waals surface area contributed by atoms with Crippen LogP contribution >= 0.6 is 0 Å². The number of unbranched alkanes of at least 4 members (excludes halogenated alkanes) is 37. The summed E-state index contributed by atoms with van der Waals surface area (Å²) in [6, 6.07) is 0. The molecule has 0 rings (SSSR count). The Hall–Kier alpha value is -0.530. The van der Waals surface area contributed by atoms with E-state index in [-0.39, 0.29) is 11.6 Å². The Bertz CT molecular complexity index is 698. The molecule has 0 fully saturated rings. The number of rotatable bonds is 45. The van der Waals surface area contributed by atoms with E-state index in [0.29, 0.717) is 12.3 Å². The third-order valence-electron chi connectivity index (χ3n) is 12.4. The van der Waals surface area contributed by atoms with E-state index in [0.717, 1.165) is 6.42 Å². The van der Waals surface area contributed by atoms with Crippen LogP contribution in [-0.2, 0) is 9.53 Å². The molecule has 2 heteroatoms. The molecular formula is C51H102O2. The lowest BCUT2D eigenvalue weighted by molar-refractivity contribution is -0.162. The number of hydrogen-bond donors (Lipinski definition) is 0. The van der Waals surface area contributed by atoms with Crippen molar-refractivity contribution in [1.82, 2.24) is 0 Å². The lowest BCUT2D eigenvalue weighted by Crippen LogP contribution is -2.37. The predicted octanol–water partition coefficient (Wildman–Crippen LogP) is 18.8. The second kappa shape index (κ2) is 42.6. The van der Waals surface area contributed by atoms with Crippen molar-refractivity contribution in [2.45, 2.75) is 316 Å². The first kappa shape index (κ1) is 52.5. The molecule has 0 bridgehead atoms. The molecule has 0 aliphatic rings. The highest BCUT2D eigenvalue weighted by Gasteiger charge is 2.32. The summed E-state index contributed by atoms with van der Waals surface area (Å²) in [5, 5.41) is 0. The van der Waals surface area contributed by atoms with Crippen molar-refractivity contribution in [2.24, 2.45) is 5.92 Å². The van der Waals surface area contributed by atoms with E-state index < -0.39 is 0 Å². The van der Waals surface area contributed by atoms with Gasteiger partial charge in [0, 0.05) is 6.42 Å². The van der Waals surface area contributed by atoms with Gasteiger partial charge >= 0.3 is 5.97 Å². The van der Waals surface area contributed by atoms with Gasteiger partial charge in [0.05, 0.1) is 0 Å². The van der Waals surface area contributed by atoms with E-state index in [1.165, 1.54) is 263 Å². The molecule has 0 aromatic heterocycles. The van der Waals surface area contributed by atoms with Crippen LogP contribution in [0.15, 0.2) is 0 Å². The third kappa shape index (κ3) is 39.5. The molecule has 0 heterocycles. The van der Waals surface area contributed by atoms with Gasteiger partial charge in [-0.1, -0.05) is 271 Å². The fourth-order valence-corrected chi connectivity index (χ4v) is 8.55. The van der Waals surface area contributed by atoms with Crippen LogP contribution in [0.3, 0.4) is 0 Å². The number of carbonyl (C=O) groups is 1. The van der Waals surface area contributed by atoms with Crippen molar-refractivity contribution in [1.29, 1.82) is 0 Å². The third-order valence-corrected chi connectivity index (χ3v) is 12.4. The van der Waals surface area contributed by atoms with E-state index in [4.69, 9.17) is 4.74 Å². The molecule has 0 spiro atoms. The molecule has 0 saturated carbocycles. The minimum atomic E-state index is -0.346. The smallest absolute Gasteiger partial charge is 0.306 e. The summed E-state index contributed by atoms with van der Waals surface area (Å²) < 4.78 is 6.30. The van der Waals surface area contributed by atoms with Crippen molar-refractivity contribution in [2.75, 3.05) is 0 Å². The summed E-state index contributed by atoms with van der Waals surface area (Å²) in [5.41, 5.74) is -0.346. The number of ether oxygens (including phenoxy) is 1. The van der Waals surface area contributed by atoms with E-state index >= 15 is 0 Å². The normalized spacial score (nSPS) is 12.5. The summed E-state index contributed by atoms with van der Waals surface area (Å²) in [5.74, 6) is 0.538. The molecule has 0 aliphatic carbocycles. The lowest BCUT2D eigenvalue weighted by atomic mass is 9.82. The van der Waals surface area contributed by atoms with Gasteiger partial charge in [-0.05, 0) is 39.0 Å². The molecule has 0 saturated heterocycles. The van der Waals surface area contributed by atoms with Gasteiger partial charge in [0.2, 0.25) is 0 Å². The maximum absolute atomic E-state index is 13.0. The number of hydrogen-bond acceptors (Lipinski definition) is 2. The first-order valence-electron chi connectivity index (χ1n) is 25.2. The summed E-state index contributed by atoms with van der Waals surface area (Å²) >= 11 is 0. The van der Waals surface area contributed by atoms with Crippen molar-refractivity contribution in [3.8, 4) is 0 Å². The molecule has 1 atom stereocenters. The quantitative estimate of drug-likeness (QED) is 0.0458. The molecule has 0 radical (unpaired) electrons. The average Bonchev–Trinajstić information content (AvgIpc) is 3.14. The Kier molecular flexibility index (Phi) is 42.2. The Balaban J connectivity index is 4.33.